The second-order valence-electron chi connectivity index (χ2n) is 5.57. The molecule has 0 aromatic heterocycles. The highest BCUT2D eigenvalue weighted by Crippen LogP contribution is 2.43. The van der Waals surface area contributed by atoms with E-state index in [0.717, 1.165) is 5.56 Å². The minimum absolute atomic E-state index is 0.0130. The van der Waals surface area contributed by atoms with E-state index in [9.17, 15) is 13.2 Å². The van der Waals surface area contributed by atoms with Crippen LogP contribution in [0.4, 0.5) is 18.9 Å². The van der Waals surface area contributed by atoms with Crippen molar-refractivity contribution in [2.45, 2.75) is 24.8 Å². The number of hydrogen-bond acceptors (Lipinski definition) is 3. The SMILES string of the molecule is CN(C)c1cc2c(c(C(F)(F)F)c1)CO[C@@H]1CNC[C@H]21. The molecule has 20 heavy (non-hydrogen) atoms. The third-order valence-corrected chi connectivity index (χ3v) is 4.09. The molecular weight excluding hydrogens is 269 g/mol. The lowest BCUT2D eigenvalue weighted by atomic mass is 9.86. The van der Waals surface area contributed by atoms with E-state index in [1.165, 1.54) is 6.07 Å². The van der Waals surface area contributed by atoms with Gasteiger partial charge in [0, 0.05) is 38.8 Å². The number of nitrogens with zero attached hydrogens (tertiary/aromatic N) is 1. The molecule has 1 N–H and O–H groups in total. The average molecular weight is 286 g/mol. The van der Waals surface area contributed by atoms with E-state index in [1.54, 1.807) is 19.0 Å². The highest BCUT2D eigenvalue weighted by molar-refractivity contribution is 5.56. The van der Waals surface area contributed by atoms with Gasteiger partial charge in [0.2, 0.25) is 0 Å². The molecule has 2 aliphatic heterocycles. The van der Waals surface area contributed by atoms with Gasteiger partial charge in [-0.1, -0.05) is 0 Å². The first-order valence-corrected chi connectivity index (χ1v) is 6.61. The van der Waals surface area contributed by atoms with Crippen molar-refractivity contribution in [2.24, 2.45) is 0 Å². The lowest BCUT2D eigenvalue weighted by molar-refractivity contribution is -0.139. The zero-order valence-corrected chi connectivity index (χ0v) is 11.4. The first-order valence-electron chi connectivity index (χ1n) is 6.61. The predicted octanol–water partition coefficient (Wildman–Crippen LogP) is 2.36. The molecular formula is C14H17F3N2O. The van der Waals surface area contributed by atoms with Crippen molar-refractivity contribution in [3.63, 3.8) is 0 Å². The zero-order chi connectivity index (χ0) is 14.5. The maximum Gasteiger partial charge on any atom is 0.416 e. The summed E-state index contributed by atoms with van der Waals surface area (Å²) in [5, 5.41) is 3.19. The van der Waals surface area contributed by atoms with Crippen LogP contribution in [0.15, 0.2) is 12.1 Å². The number of hydrogen-bond donors (Lipinski definition) is 1. The van der Waals surface area contributed by atoms with Gasteiger partial charge in [0.05, 0.1) is 18.3 Å². The van der Waals surface area contributed by atoms with Gasteiger partial charge in [0.15, 0.2) is 0 Å². The van der Waals surface area contributed by atoms with Crippen LogP contribution in [0, 0.1) is 0 Å². The highest BCUT2D eigenvalue weighted by Gasteiger charge is 2.41. The van der Waals surface area contributed by atoms with Gasteiger partial charge < -0.3 is 15.0 Å². The second-order valence-corrected chi connectivity index (χ2v) is 5.57. The van der Waals surface area contributed by atoms with Gasteiger partial charge in [-0.2, -0.15) is 13.2 Å². The summed E-state index contributed by atoms with van der Waals surface area (Å²) in [6.45, 7) is 1.42. The van der Waals surface area contributed by atoms with E-state index in [2.05, 4.69) is 5.32 Å². The van der Waals surface area contributed by atoms with Crippen molar-refractivity contribution < 1.29 is 17.9 Å². The third-order valence-electron chi connectivity index (χ3n) is 4.09. The molecule has 110 valence electrons. The number of anilines is 1. The first-order chi connectivity index (χ1) is 9.38. The maximum atomic E-state index is 13.3. The molecule has 1 saturated heterocycles. The molecule has 2 aliphatic rings. The Hall–Kier alpha value is -1.27. The Kier molecular flexibility index (Phi) is 3.17. The molecule has 0 aliphatic carbocycles. The van der Waals surface area contributed by atoms with Crippen molar-refractivity contribution in [2.75, 3.05) is 32.1 Å². The van der Waals surface area contributed by atoms with Crippen molar-refractivity contribution in [1.29, 1.82) is 0 Å². The second kappa shape index (κ2) is 4.63. The van der Waals surface area contributed by atoms with E-state index in [1.807, 2.05) is 6.07 Å². The van der Waals surface area contributed by atoms with Crippen LogP contribution >= 0.6 is 0 Å². The average Bonchev–Trinajstić information content (AvgIpc) is 2.84. The molecule has 0 saturated carbocycles. The summed E-state index contributed by atoms with van der Waals surface area (Å²) in [4.78, 5) is 1.71. The lowest BCUT2D eigenvalue weighted by Gasteiger charge is -2.31. The topological polar surface area (TPSA) is 24.5 Å². The summed E-state index contributed by atoms with van der Waals surface area (Å²) >= 11 is 0. The van der Waals surface area contributed by atoms with E-state index in [-0.39, 0.29) is 18.6 Å². The Bertz CT molecular complexity index is 528. The molecule has 2 atom stereocenters. The smallest absolute Gasteiger partial charge is 0.378 e. The Labute approximate surface area is 115 Å². The normalized spacial score (nSPS) is 25.2. The van der Waals surface area contributed by atoms with Crippen LogP contribution in [0.1, 0.15) is 22.6 Å². The Morgan fingerprint density at radius 1 is 1.25 bits per heavy atom. The summed E-state index contributed by atoms with van der Waals surface area (Å²) in [5.74, 6) is 0.0137. The molecule has 1 aromatic carbocycles. The summed E-state index contributed by atoms with van der Waals surface area (Å²) in [7, 11) is 3.51. The van der Waals surface area contributed by atoms with Gasteiger partial charge in [-0.3, -0.25) is 0 Å². The lowest BCUT2D eigenvalue weighted by Crippen LogP contribution is -2.29. The van der Waals surface area contributed by atoms with E-state index in [4.69, 9.17) is 4.74 Å². The van der Waals surface area contributed by atoms with E-state index < -0.39 is 11.7 Å². The van der Waals surface area contributed by atoms with Gasteiger partial charge in [0.1, 0.15) is 0 Å². The number of halogens is 3. The van der Waals surface area contributed by atoms with Gasteiger partial charge in [-0.15, -0.1) is 0 Å². The largest absolute Gasteiger partial charge is 0.416 e. The minimum Gasteiger partial charge on any atom is -0.378 e. The number of ether oxygens (including phenoxy) is 1. The number of fused-ring (bicyclic) bond motifs is 3. The van der Waals surface area contributed by atoms with E-state index in [0.29, 0.717) is 24.3 Å². The molecule has 6 heteroatoms. The van der Waals surface area contributed by atoms with Crippen molar-refractivity contribution in [1.82, 2.24) is 5.32 Å². The third kappa shape index (κ3) is 2.16. The van der Waals surface area contributed by atoms with Crippen molar-refractivity contribution in [3.05, 3.63) is 28.8 Å². The summed E-state index contributed by atoms with van der Waals surface area (Å²) in [6.07, 6.45) is -4.36. The monoisotopic (exact) mass is 286 g/mol. The fraction of sp³-hybridized carbons (Fsp3) is 0.571. The molecule has 2 heterocycles. The molecule has 0 bridgehead atoms. The molecule has 0 radical (unpaired) electrons. The number of alkyl halides is 3. The first kappa shape index (κ1) is 13.7. The molecule has 1 aromatic rings. The van der Waals surface area contributed by atoms with E-state index >= 15 is 0 Å². The summed E-state index contributed by atoms with van der Waals surface area (Å²) in [5.41, 5.74) is 1.10. The highest BCUT2D eigenvalue weighted by atomic mass is 19.4. The van der Waals surface area contributed by atoms with Crippen LogP contribution < -0.4 is 10.2 Å². The molecule has 0 spiro atoms. The standard InChI is InChI=1S/C14H17F3N2O/c1-19(2)8-3-9-10-5-18-6-13(10)20-7-11(9)12(4-8)14(15,16)17/h3-4,10,13,18H,5-7H2,1-2H3/t10-,13-/m1/s1. The van der Waals surface area contributed by atoms with Crippen molar-refractivity contribution in [3.8, 4) is 0 Å². The van der Waals surface area contributed by atoms with Crippen LogP contribution in [0.2, 0.25) is 0 Å². The van der Waals surface area contributed by atoms with Crippen LogP contribution in [0.3, 0.4) is 0 Å². The van der Waals surface area contributed by atoms with Crippen LogP contribution in [-0.2, 0) is 17.5 Å². The molecule has 0 unspecified atom stereocenters. The molecule has 1 fully saturated rings. The van der Waals surface area contributed by atoms with Gasteiger partial charge >= 0.3 is 6.18 Å². The number of benzene rings is 1. The number of rotatable bonds is 1. The number of nitrogens with one attached hydrogen (secondary N) is 1. The van der Waals surface area contributed by atoms with Gasteiger partial charge in [-0.05, 0) is 23.3 Å². The Morgan fingerprint density at radius 3 is 2.65 bits per heavy atom. The molecule has 0 amide bonds. The van der Waals surface area contributed by atoms with Gasteiger partial charge in [-0.25, -0.2) is 0 Å². The zero-order valence-electron chi connectivity index (χ0n) is 11.4. The van der Waals surface area contributed by atoms with Gasteiger partial charge in [0.25, 0.3) is 0 Å². The Morgan fingerprint density at radius 2 is 2.00 bits per heavy atom. The molecule has 3 nitrogen and oxygen atoms in total. The fourth-order valence-corrected chi connectivity index (χ4v) is 3.01. The van der Waals surface area contributed by atoms with Crippen LogP contribution in [0.25, 0.3) is 0 Å². The quantitative estimate of drug-likeness (QED) is 0.857. The maximum absolute atomic E-state index is 13.3. The van der Waals surface area contributed by atoms with Crippen LogP contribution in [0.5, 0.6) is 0 Å². The predicted molar refractivity (Wildman–Crippen MR) is 70.0 cm³/mol. The molecule has 3 rings (SSSR count). The van der Waals surface area contributed by atoms with Crippen molar-refractivity contribution >= 4 is 5.69 Å². The minimum atomic E-state index is -4.35. The van der Waals surface area contributed by atoms with Crippen LogP contribution in [-0.4, -0.2) is 33.3 Å². The Balaban J connectivity index is 2.17. The fourth-order valence-electron chi connectivity index (χ4n) is 3.01. The summed E-state index contributed by atoms with van der Waals surface area (Å²) in [6, 6.07) is 3.09. The summed E-state index contributed by atoms with van der Waals surface area (Å²) < 4.78 is 45.4.